The lowest BCUT2D eigenvalue weighted by atomic mass is 10.3. The van der Waals surface area contributed by atoms with E-state index in [9.17, 15) is 13.2 Å². The topological polar surface area (TPSA) is 72.5 Å². The predicted octanol–water partition coefficient (Wildman–Crippen LogP) is 4.94. The summed E-state index contributed by atoms with van der Waals surface area (Å²) in [5.74, 6) is -1.01. The number of rotatable bonds is 6. The number of esters is 1. The summed E-state index contributed by atoms with van der Waals surface area (Å²) in [6.45, 7) is 1.58. The molecule has 9 heteroatoms. The number of sulfone groups is 1. The maximum absolute atomic E-state index is 12.9. The highest BCUT2D eigenvalue weighted by molar-refractivity contribution is 7.96. The summed E-state index contributed by atoms with van der Waals surface area (Å²) in [6.07, 6.45) is 1.05. The molecule has 0 radical (unpaired) electrons. The van der Waals surface area contributed by atoms with Gasteiger partial charge in [0.25, 0.3) is 0 Å². The zero-order chi connectivity index (χ0) is 19.3. The van der Waals surface area contributed by atoms with Gasteiger partial charge in [0.05, 0.1) is 16.5 Å². The van der Waals surface area contributed by atoms with E-state index in [-0.39, 0.29) is 21.5 Å². The van der Waals surface area contributed by atoms with Crippen LogP contribution in [0.2, 0.25) is 15.1 Å². The van der Waals surface area contributed by atoms with Crippen molar-refractivity contribution in [1.82, 2.24) is 0 Å². The average Bonchev–Trinajstić information content (AvgIpc) is 2.54. The van der Waals surface area contributed by atoms with Crippen LogP contribution in [-0.2, 0) is 19.4 Å². The molecular weight excluding hydrogens is 421 g/mol. The number of hydrogen-bond donors (Lipinski definition) is 1. The lowest BCUT2D eigenvalue weighted by Crippen LogP contribution is -2.18. The van der Waals surface area contributed by atoms with Crippen LogP contribution in [0.4, 0.5) is 5.69 Å². The Morgan fingerprint density at radius 2 is 1.81 bits per heavy atom. The first-order chi connectivity index (χ1) is 12.3. The lowest BCUT2D eigenvalue weighted by Gasteiger charge is -2.11. The summed E-state index contributed by atoms with van der Waals surface area (Å²) in [5, 5.41) is 3.35. The molecular formula is C17H14Cl3NO4S. The van der Waals surface area contributed by atoms with Crippen LogP contribution in [0.5, 0.6) is 0 Å². The second kappa shape index (κ2) is 8.77. The largest absolute Gasteiger partial charge is 0.462 e. The predicted molar refractivity (Wildman–Crippen MR) is 103 cm³/mol. The number of halogens is 3. The number of hydrogen-bond acceptors (Lipinski definition) is 5. The third kappa shape index (κ3) is 4.92. The Kier molecular flexibility index (Phi) is 6.94. The van der Waals surface area contributed by atoms with Gasteiger partial charge in [-0.3, -0.25) is 0 Å². The van der Waals surface area contributed by atoms with Crippen molar-refractivity contribution in [2.45, 2.75) is 11.8 Å². The second-order valence-corrected chi connectivity index (χ2v) is 8.13. The second-order valence-electron chi connectivity index (χ2n) is 4.96. The molecule has 0 fully saturated rings. The van der Waals surface area contributed by atoms with Gasteiger partial charge in [-0.15, -0.1) is 0 Å². The maximum atomic E-state index is 12.9. The van der Waals surface area contributed by atoms with E-state index in [0.29, 0.717) is 10.7 Å². The average molecular weight is 435 g/mol. The van der Waals surface area contributed by atoms with Gasteiger partial charge in [-0.2, -0.15) is 0 Å². The summed E-state index contributed by atoms with van der Waals surface area (Å²) in [7, 11) is -4.25. The molecule has 0 aliphatic carbocycles. The summed E-state index contributed by atoms with van der Waals surface area (Å²) < 4.78 is 30.7. The Balaban J connectivity index is 2.49. The van der Waals surface area contributed by atoms with E-state index in [1.54, 1.807) is 31.2 Å². The van der Waals surface area contributed by atoms with E-state index < -0.39 is 20.7 Å². The molecule has 0 unspecified atom stereocenters. The third-order valence-corrected chi connectivity index (χ3v) is 5.84. The molecule has 0 spiro atoms. The number of anilines is 1. The maximum Gasteiger partial charge on any atom is 0.351 e. The molecule has 138 valence electrons. The van der Waals surface area contributed by atoms with Crippen LogP contribution in [0, 0.1) is 0 Å². The van der Waals surface area contributed by atoms with Crippen molar-refractivity contribution < 1.29 is 17.9 Å². The Labute approximate surface area is 166 Å². The molecule has 2 aromatic rings. The number of nitrogens with one attached hydrogen (secondary N) is 1. The van der Waals surface area contributed by atoms with E-state index in [1.807, 2.05) is 0 Å². The quantitative estimate of drug-likeness (QED) is 0.515. The van der Waals surface area contributed by atoms with Crippen molar-refractivity contribution in [3.63, 3.8) is 0 Å². The van der Waals surface area contributed by atoms with Gasteiger partial charge >= 0.3 is 5.97 Å². The fourth-order valence-corrected chi connectivity index (χ4v) is 4.18. The molecule has 0 amide bonds. The Hall–Kier alpha value is -1.73. The number of ether oxygens (including phenoxy) is 1. The lowest BCUT2D eigenvalue weighted by molar-refractivity contribution is -0.137. The molecule has 2 rings (SSSR count). The van der Waals surface area contributed by atoms with Gasteiger partial charge in [0, 0.05) is 21.9 Å². The van der Waals surface area contributed by atoms with Crippen LogP contribution in [0.1, 0.15) is 6.92 Å². The standard InChI is InChI=1S/C17H14Cl3NO4S/c1-2-25-17(22)16(10-21-13-5-3-4-11(18)8-13)26(23,24)15-7-6-12(19)9-14(15)20/h3-10,21H,2H2,1H3/b16-10+. The van der Waals surface area contributed by atoms with Crippen LogP contribution < -0.4 is 5.32 Å². The molecule has 0 aromatic heterocycles. The molecule has 5 nitrogen and oxygen atoms in total. The van der Waals surface area contributed by atoms with E-state index in [2.05, 4.69) is 5.32 Å². The first kappa shape index (κ1) is 20.6. The molecule has 0 heterocycles. The number of benzene rings is 2. The van der Waals surface area contributed by atoms with Crippen molar-refractivity contribution in [2.24, 2.45) is 0 Å². The van der Waals surface area contributed by atoms with E-state index >= 15 is 0 Å². The van der Waals surface area contributed by atoms with Crippen LogP contribution in [0.3, 0.4) is 0 Å². The highest BCUT2D eigenvalue weighted by Gasteiger charge is 2.30. The fourth-order valence-electron chi connectivity index (χ4n) is 1.99. The Bertz CT molecular complexity index is 958. The molecule has 26 heavy (non-hydrogen) atoms. The van der Waals surface area contributed by atoms with E-state index in [1.165, 1.54) is 18.2 Å². The molecule has 0 saturated heterocycles. The van der Waals surface area contributed by atoms with E-state index in [4.69, 9.17) is 39.5 Å². The summed E-state index contributed by atoms with van der Waals surface area (Å²) in [6, 6.07) is 10.4. The molecule has 0 bridgehead atoms. The van der Waals surface area contributed by atoms with Crippen LogP contribution in [0.25, 0.3) is 0 Å². The SMILES string of the molecule is CCOC(=O)/C(=C\Nc1cccc(Cl)c1)S(=O)(=O)c1ccc(Cl)cc1Cl. The molecule has 0 aliphatic heterocycles. The smallest absolute Gasteiger partial charge is 0.351 e. The van der Waals surface area contributed by atoms with Crippen molar-refractivity contribution in [3.05, 3.63) is 68.6 Å². The van der Waals surface area contributed by atoms with Crippen molar-refractivity contribution in [1.29, 1.82) is 0 Å². The molecule has 1 N–H and O–H groups in total. The van der Waals surface area contributed by atoms with Gasteiger partial charge in [0.2, 0.25) is 9.84 Å². The molecule has 0 atom stereocenters. The summed E-state index contributed by atoms with van der Waals surface area (Å²) in [4.78, 5) is 11.4. The van der Waals surface area contributed by atoms with Gasteiger partial charge in [0.15, 0.2) is 4.91 Å². The summed E-state index contributed by atoms with van der Waals surface area (Å²) in [5.41, 5.74) is 0.497. The minimum Gasteiger partial charge on any atom is -0.462 e. The van der Waals surface area contributed by atoms with Crippen molar-refractivity contribution >= 4 is 56.3 Å². The zero-order valence-corrected chi connectivity index (χ0v) is 16.6. The van der Waals surface area contributed by atoms with E-state index in [0.717, 1.165) is 6.20 Å². The van der Waals surface area contributed by atoms with Crippen LogP contribution in [-0.4, -0.2) is 21.0 Å². The van der Waals surface area contributed by atoms with Gasteiger partial charge in [0.1, 0.15) is 0 Å². The van der Waals surface area contributed by atoms with Gasteiger partial charge in [-0.05, 0) is 43.3 Å². The highest BCUT2D eigenvalue weighted by Crippen LogP contribution is 2.30. The fraction of sp³-hybridized carbons (Fsp3) is 0.118. The summed E-state index contributed by atoms with van der Waals surface area (Å²) >= 11 is 17.7. The van der Waals surface area contributed by atoms with Crippen LogP contribution >= 0.6 is 34.8 Å². The minimum absolute atomic E-state index is 0.0111. The molecule has 0 saturated carbocycles. The highest BCUT2D eigenvalue weighted by atomic mass is 35.5. The first-order valence-electron chi connectivity index (χ1n) is 7.35. The zero-order valence-electron chi connectivity index (χ0n) is 13.5. The van der Waals surface area contributed by atoms with Gasteiger partial charge < -0.3 is 10.1 Å². The van der Waals surface area contributed by atoms with Gasteiger partial charge in [-0.25, -0.2) is 13.2 Å². The Morgan fingerprint density at radius 1 is 1.12 bits per heavy atom. The van der Waals surface area contributed by atoms with Crippen molar-refractivity contribution in [2.75, 3.05) is 11.9 Å². The molecule has 0 aliphatic rings. The number of carbonyl (C=O) groups excluding carboxylic acids is 1. The van der Waals surface area contributed by atoms with Crippen LogP contribution in [0.15, 0.2) is 58.5 Å². The normalized spacial score (nSPS) is 11.9. The first-order valence-corrected chi connectivity index (χ1v) is 9.97. The molecule has 2 aromatic carbocycles. The minimum atomic E-state index is -4.25. The van der Waals surface area contributed by atoms with Crippen molar-refractivity contribution in [3.8, 4) is 0 Å². The third-order valence-electron chi connectivity index (χ3n) is 3.14. The van der Waals surface area contributed by atoms with Gasteiger partial charge in [-0.1, -0.05) is 40.9 Å². The monoisotopic (exact) mass is 433 g/mol. The number of carbonyl (C=O) groups is 1. The Morgan fingerprint density at radius 3 is 2.42 bits per heavy atom.